The topological polar surface area (TPSA) is 18.5 Å². The van der Waals surface area contributed by atoms with E-state index in [1.807, 2.05) is 0 Å². The third-order valence-electron chi connectivity index (χ3n) is 4.13. The maximum atomic E-state index is 13.0. The van der Waals surface area contributed by atoms with Crippen LogP contribution in [0.25, 0.3) is 0 Å². The minimum absolute atomic E-state index is 0.144. The first-order valence-corrected chi connectivity index (χ1v) is 8.03. The van der Waals surface area contributed by atoms with Crippen molar-refractivity contribution in [2.75, 3.05) is 46.3 Å². The third kappa shape index (κ3) is 5.22. The average molecular weight is 314 g/mol. The maximum Gasteiger partial charge on any atom is 0.124 e. The Balaban J connectivity index is 1.68. The Labute approximate surface area is 132 Å². The zero-order chi connectivity index (χ0) is 15.2. The largest absolute Gasteiger partial charge is 0.310 e. The van der Waals surface area contributed by atoms with Crippen LogP contribution < -0.4 is 5.32 Å². The highest BCUT2D eigenvalue weighted by Gasteiger charge is 2.13. The number of nitrogens with zero attached hydrogens (tertiary/aromatic N) is 2. The number of benzene rings is 1. The highest BCUT2D eigenvalue weighted by Crippen LogP contribution is 2.23. The molecule has 1 fully saturated rings. The first kappa shape index (κ1) is 16.7. The van der Waals surface area contributed by atoms with Crippen LogP contribution in [0, 0.1) is 5.82 Å². The molecule has 1 unspecified atom stereocenters. The Bertz CT molecular complexity index is 447. The van der Waals surface area contributed by atoms with Gasteiger partial charge in [0.25, 0.3) is 0 Å². The van der Waals surface area contributed by atoms with Crippen molar-refractivity contribution in [1.29, 1.82) is 0 Å². The summed E-state index contributed by atoms with van der Waals surface area (Å²) in [5.74, 6) is -0.286. The van der Waals surface area contributed by atoms with Gasteiger partial charge in [0, 0.05) is 37.2 Å². The molecule has 1 saturated heterocycles. The minimum atomic E-state index is -0.286. The molecule has 0 aromatic heterocycles. The van der Waals surface area contributed by atoms with Crippen molar-refractivity contribution in [2.24, 2.45) is 0 Å². The summed E-state index contributed by atoms with van der Waals surface area (Å²) in [5, 5.41) is 3.96. The molecule has 118 valence electrons. The van der Waals surface area contributed by atoms with Gasteiger partial charge in [0.05, 0.1) is 0 Å². The predicted octanol–water partition coefficient (Wildman–Crippen LogP) is 2.77. The van der Waals surface area contributed by atoms with Gasteiger partial charge >= 0.3 is 0 Å². The van der Waals surface area contributed by atoms with Crippen LogP contribution in [0.4, 0.5) is 4.39 Å². The molecule has 21 heavy (non-hydrogen) atoms. The molecule has 1 heterocycles. The van der Waals surface area contributed by atoms with Crippen molar-refractivity contribution in [1.82, 2.24) is 15.1 Å². The molecule has 2 rings (SSSR count). The molecule has 1 aliphatic rings. The van der Waals surface area contributed by atoms with Gasteiger partial charge in [0.1, 0.15) is 5.82 Å². The number of halogens is 2. The summed E-state index contributed by atoms with van der Waals surface area (Å²) in [7, 11) is 2.17. The standard InChI is InChI=1S/C16H25ClFN3/c1-13(15-5-4-14(18)12-16(15)17)19-6-3-7-21-10-8-20(2)9-11-21/h4-5,12-13,19H,3,6-11H2,1-2H3. The lowest BCUT2D eigenvalue weighted by molar-refractivity contribution is 0.152. The predicted molar refractivity (Wildman–Crippen MR) is 86.4 cm³/mol. The monoisotopic (exact) mass is 313 g/mol. The first-order valence-electron chi connectivity index (χ1n) is 7.65. The van der Waals surface area contributed by atoms with Crippen molar-refractivity contribution in [3.63, 3.8) is 0 Å². The Kier molecular flexibility index (Phi) is 6.42. The van der Waals surface area contributed by atoms with E-state index in [1.165, 1.54) is 12.1 Å². The van der Waals surface area contributed by atoms with Crippen LogP contribution in [0.15, 0.2) is 18.2 Å². The second-order valence-corrected chi connectivity index (χ2v) is 6.25. The molecule has 0 amide bonds. The van der Waals surface area contributed by atoms with Crippen molar-refractivity contribution in [2.45, 2.75) is 19.4 Å². The van der Waals surface area contributed by atoms with Crippen LogP contribution in [-0.4, -0.2) is 56.1 Å². The highest BCUT2D eigenvalue weighted by molar-refractivity contribution is 6.31. The van der Waals surface area contributed by atoms with Crippen molar-refractivity contribution < 1.29 is 4.39 Å². The highest BCUT2D eigenvalue weighted by atomic mass is 35.5. The lowest BCUT2D eigenvalue weighted by Crippen LogP contribution is -2.45. The van der Waals surface area contributed by atoms with Gasteiger partial charge in [-0.1, -0.05) is 17.7 Å². The molecule has 0 spiro atoms. The van der Waals surface area contributed by atoms with E-state index in [0.717, 1.165) is 51.3 Å². The van der Waals surface area contributed by atoms with E-state index in [0.29, 0.717) is 5.02 Å². The summed E-state index contributed by atoms with van der Waals surface area (Å²) >= 11 is 6.08. The Hall–Kier alpha value is -0.680. The minimum Gasteiger partial charge on any atom is -0.310 e. The molecular weight excluding hydrogens is 289 g/mol. The van der Waals surface area contributed by atoms with Crippen molar-refractivity contribution >= 4 is 11.6 Å². The maximum absolute atomic E-state index is 13.0. The molecule has 0 aliphatic carbocycles. The second-order valence-electron chi connectivity index (χ2n) is 5.84. The van der Waals surface area contributed by atoms with Gasteiger partial charge in [0.15, 0.2) is 0 Å². The van der Waals surface area contributed by atoms with Gasteiger partial charge in [-0.05, 0) is 51.2 Å². The SMILES string of the molecule is CC(NCCCN1CCN(C)CC1)c1ccc(F)cc1Cl. The summed E-state index contributed by atoms with van der Waals surface area (Å²) in [4.78, 5) is 4.88. The molecule has 0 bridgehead atoms. The van der Waals surface area contributed by atoms with Crippen LogP contribution in [0.5, 0.6) is 0 Å². The summed E-state index contributed by atoms with van der Waals surface area (Å²) in [6, 6.07) is 4.74. The van der Waals surface area contributed by atoms with E-state index in [1.54, 1.807) is 6.07 Å². The molecule has 1 atom stereocenters. The summed E-state index contributed by atoms with van der Waals surface area (Å²) in [6.45, 7) is 8.79. The fourth-order valence-electron chi connectivity index (χ4n) is 2.66. The van der Waals surface area contributed by atoms with E-state index in [-0.39, 0.29) is 11.9 Å². The van der Waals surface area contributed by atoms with Gasteiger partial charge in [0.2, 0.25) is 0 Å². The molecule has 0 radical (unpaired) electrons. The van der Waals surface area contributed by atoms with Crippen LogP contribution in [0.3, 0.4) is 0 Å². The molecule has 3 nitrogen and oxygen atoms in total. The van der Waals surface area contributed by atoms with Gasteiger partial charge < -0.3 is 15.1 Å². The fraction of sp³-hybridized carbons (Fsp3) is 0.625. The van der Waals surface area contributed by atoms with Gasteiger partial charge in [-0.3, -0.25) is 0 Å². The molecule has 1 N–H and O–H groups in total. The zero-order valence-corrected chi connectivity index (χ0v) is 13.7. The Morgan fingerprint density at radius 3 is 2.67 bits per heavy atom. The lowest BCUT2D eigenvalue weighted by Gasteiger charge is -2.32. The first-order chi connectivity index (χ1) is 10.1. The van der Waals surface area contributed by atoms with Gasteiger partial charge in [-0.2, -0.15) is 0 Å². The normalized spacial score (nSPS) is 18.9. The number of rotatable bonds is 6. The number of nitrogens with one attached hydrogen (secondary N) is 1. The van der Waals surface area contributed by atoms with E-state index in [4.69, 9.17) is 11.6 Å². The number of hydrogen-bond acceptors (Lipinski definition) is 3. The Morgan fingerprint density at radius 1 is 1.29 bits per heavy atom. The van der Waals surface area contributed by atoms with E-state index in [2.05, 4.69) is 29.1 Å². The molecule has 1 aromatic carbocycles. The number of hydrogen-bond donors (Lipinski definition) is 1. The summed E-state index contributed by atoms with van der Waals surface area (Å²) < 4.78 is 13.0. The quantitative estimate of drug-likeness (QED) is 0.815. The van der Waals surface area contributed by atoms with Crippen LogP contribution in [0.1, 0.15) is 24.9 Å². The van der Waals surface area contributed by atoms with E-state index in [9.17, 15) is 4.39 Å². The Morgan fingerprint density at radius 2 is 2.00 bits per heavy atom. The van der Waals surface area contributed by atoms with Crippen molar-refractivity contribution in [3.8, 4) is 0 Å². The van der Waals surface area contributed by atoms with Crippen LogP contribution >= 0.6 is 11.6 Å². The molecule has 1 aromatic rings. The van der Waals surface area contributed by atoms with Crippen LogP contribution in [-0.2, 0) is 0 Å². The summed E-state index contributed by atoms with van der Waals surface area (Å²) in [5.41, 5.74) is 0.956. The van der Waals surface area contributed by atoms with Crippen molar-refractivity contribution in [3.05, 3.63) is 34.6 Å². The van der Waals surface area contributed by atoms with Gasteiger partial charge in [-0.25, -0.2) is 4.39 Å². The molecule has 0 saturated carbocycles. The smallest absolute Gasteiger partial charge is 0.124 e. The molecule has 1 aliphatic heterocycles. The fourth-order valence-corrected chi connectivity index (χ4v) is 2.99. The zero-order valence-electron chi connectivity index (χ0n) is 12.9. The van der Waals surface area contributed by atoms with E-state index < -0.39 is 0 Å². The average Bonchev–Trinajstić information content (AvgIpc) is 2.45. The van der Waals surface area contributed by atoms with Crippen LogP contribution in [0.2, 0.25) is 5.02 Å². The number of likely N-dealkylation sites (N-methyl/N-ethyl adjacent to an activating group) is 1. The van der Waals surface area contributed by atoms with Gasteiger partial charge in [-0.15, -0.1) is 0 Å². The van der Waals surface area contributed by atoms with E-state index >= 15 is 0 Å². The summed E-state index contributed by atoms with van der Waals surface area (Å²) in [6.07, 6.45) is 1.12. The third-order valence-corrected chi connectivity index (χ3v) is 4.45. The molecular formula is C16H25ClFN3. The second kappa shape index (κ2) is 8.08. The number of piperazine rings is 1. The molecule has 5 heteroatoms. The lowest BCUT2D eigenvalue weighted by atomic mass is 10.1.